The molecule has 0 radical (unpaired) electrons. The van der Waals surface area contributed by atoms with E-state index < -0.39 is 42.7 Å². The van der Waals surface area contributed by atoms with E-state index in [1.807, 2.05) is 0 Å². The monoisotopic (exact) mass is 647 g/mol. The van der Waals surface area contributed by atoms with Gasteiger partial charge in [-0.2, -0.15) is 30.7 Å². The van der Waals surface area contributed by atoms with Crippen molar-refractivity contribution in [1.82, 2.24) is 0 Å². The lowest BCUT2D eigenvalue weighted by molar-refractivity contribution is -0.253. The number of hydrogen-bond donors (Lipinski definition) is 1. The van der Waals surface area contributed by atoms with Crippen LogP contribution in [0.4, 0.5) is 36.4 Å². The zero-order valence-corrected chi connectivity index (χ0v) is 23.4. The zero-order valence-electron chi connectivity index (χ0n) is 21.8. The van der Waals surface area contributed by atoms with Crippen molar-refractivity contribution in [2.75, 3.05) is 11.5 Å². The van der Waals surface area contributed by atoms with Crippen LogP contribution in [0.25, 0.3) is 0 Å². The molecule has 1 unspecified atom stereocenters. The molecule has 4 aromatic rings. The maximum atomic E-state index is 14.0. The Morgan fingerprint density at radius 3 is 2.16 bits per heavy atom. The summed E-state index contributed by atoms with van der Waals surface area (Å²) in [5.41, 5.74) is -0.796. The van der Waals surface area contributed by atoms with Crippen molar-refractivity contribution >= 4 is 28.9 Å². The summed E-state index contributed by atoms with van der Waals surface area (Å²) in [5, 5.41) is 10.8. The second-order valence-corrected chi connectivity index (χ2v) is 9.96. The molecule has 0 heterocycles. The Morgan fingerprint density at radius 2 is 1.47 bits per heavy atom. The van der Waals surface area contributed by atoms with Gasteiger partial charge in [-0.05, 0) is 53.6 Å². The molecule has 0 aliphatic rings. The van der Waals surface area contributed by atoms with E-state index in [9.17, 15) is 35.8 Å². The highest BCUT2D eigenvalue weighted by Crippen LogP contribution is 2.40. The second kappa shape index (κ2) is 13.3. The van der Waals surface area contributed by atoms with E-state index in [4.69, 9.17) is 27.9 Å². The molecule has 4 aromatic carbocycles. The Hall–Kier alpha value is -3.67. The molecule has 0 fully saturated rings. The standard InChI is InChI=1S/C30H22Cl2F7NO3/c31-24-12-5-13-26(27(24)32)42-20-8-4-7-19(15-20)40(25(17-41)22-10-1-2-11-23(22)29(35,36)37)16-18-6-3-9-21(14-18)43-30(38,39)28(33)34/h1-15,25,28,41H,16-17H2. The van der Waals surface area contributed by atoms with Crippen LogP contribution in [0.3, 0.4) is 0 Å². The van der Waals surface area contributed by atoms with Gasteiger partial charge in [0.2, 0.25) is 0 Å². The quantitative estimate of drug-likeness (QED) is 0.165. The van der Waals surface area contributed by atoms with Crippen molar-refractivity contribution < 1.29 is 45.3 Å². The van der Waals surface area contributed by atoms with Gasteiger partial charge in [0, 0.05) is 18.3 Å². The van der Waals surface area contributed by atoms with Crippen molar-refractivity contribution in [3.63, 3.8) is 0 Å². The molecule has 4 rings (SSSR count). The molecule has 1 N–H and O–H groups in total. The van der Waals surface area contributed by atoms with Crippen LogP contribution in [-0.4, -0.2) is 24.2 Å². The van der Waals surface area contributed by atoms with Crippen LogP contribution < -0.4 is 14.4 Å². The van der Waals surface area contributed by atoms with Gasteiger partial charge in [-0.15, -0.1) is 0 Å². The number of aliphatic hydroxyl groups is 1. The predicted octanol–water partition coefficient (Wildman–Crippen LogP) is 9.78. The highest BCUT2D eigenvalue weighted by Gasteiger charge is 2.44. The lowest BCUT2D eigenvalue weighted by Crippen LogP contribution is -2.34. The Kier molecular flexibility index (Phi) is 9.99. The molecule has 0 bridgehead atoms. The summed E-state index contributed by atoms with van der Waals surface area (Å²) < 4.78 is 105. The van der Waals surface area contributed by atoms with Crippen LogP contribution in [0.15, 0.2) is 91.0 Å². The van der Waals surface area contributed by atoms with Gasteiger partial charge in [0.15, 0.2) is 0 Å². The fourth-order valence-corrected chi connectivity index (χ4v) is 4.64. The van der Waals surface area contributed by atoms with Gasteiger partial charge in [0.05, 0.1) is 23.2 Å². The molecule has 228 valence electrons. The third-order valence-electron chi connectivity index (χ3n) is 6.23. The number of benzene rings is 4. The van der Waals surface area contributed by atoms with Crippen LogP contribution in [0, 0.1) is 0 Å². The average Bonchev–Trinajstić information content (AvgIpc) is 2.95. The normalized spacial score (nSPS) is 12.7. The molecular weight excluding hydrogens is 626 g/mol. The largest absolute Gasteiger partial charge is 0.461 e. The lowest BCUT2D eigenvalue weighted by Gasteiger charge is -2.35. The fourth-order valence-electron chi connectivity index (χ4n) is 4.31. The smallest absolute Gasteiger partial charge is 0.456 e. The molecule has 0 amide bonds. The number of nitrogens with zero attached hydrogens (tertiary/aromatic N) is 1. The number of aliphatic hydroxyl groups excluding tert-OH is 1. The minimum Gasteiger partial charge on any atom is -0.456 e. The molecule has 13 heteroatoms. The van der Waals surface area contributed by atoms with E-state index in [2.05, 4.69) is 4.74 Å². The topological polar surface area (TPSA) is 41.9 Å². The van der Waals surface area contributed by atoms with Crippen molar-refractivity contribution in [2.24, 2.45) is 0 Å². The van der Waals surface area contributed by atoms with Crippen molar-refractivity contribution in [3.8, 4) is 17.2 Å². The third-order valence-corrected chi connectivity index (χ3v) is 7.03. The van der Waals surface area contributed by atoms with Crippen molar-refractivity contribution in [2.45, 2.75) is 31.3 Å². The van der Waals surface area contributed by atoms with Gasteiger partial charge >= 0.3 is 18.7 Å². The van der Waals surface area contributed by atoms with Crippen LogP contribution in [0.1, 0.15) is 22.7 Å². The van der Waals surface area contributed by atoms with E-state index in [1.165, 1.54) is 47.4 Å². The minimum atomic E-state index is -4.77. The second-order valence-electron chi connectivity index (χ2n) is 9.17. The average molecular weight is 648 g/mol. The van der Waals surface area contributed by atoms with Gasteiger partial charge in [-0.25, -0.2) is 0 Å². The molecule has 0 saturated heterocycles. The van der Waals surface area contributed by atoms with Gasteiger partial charge in [-0.1, -0.05) is 65.7 Å². The summed E-state index contributed by atoms with van der Waals surface area (Å²) in [6.07, 6.45) is -13.6. The summed E-state index contributed by atoms with van der Waals surface area (Å²) in [6.45, 7) is -1.06. The van der Waals surface area contributed by atoms with Crippen LogP contribution in [-0.2, 0) is 12.7 Å². The van der Waals surface area contributed by atoms with Crippen LogP contribution in [0.2, 0.25) is 10.0 Å². The summed E-state index contributed by atoms with van der Waals surface area (Å²) in [7, 11) is 0. The van der Waals surface area contributed by atoms with Gasteiger partial charge in [-0.3, -0.25) is 0 Å². The number of rotatable bonds is 11. The Morgan fingerprint density at radius 1 is 0.791 bits per heavy atom. The molecule has 0 saturated carbocycles. The van der Waals surface area contributed by atoms with Crippen molar-refractivity contribution in [1.29, 1.82) is 0 Å². The van der Waals surface area contributed by atoms with E-state index in [0.29, 0.717) is 0 Å². The molecule has 0 aliphatic carbocycles. The Bertz CT molecular complexity index is 1550. The molecule has 1 atom stereocenters. The highest BCUT2D eigenvalue weighted by atomic mass is 35.5. The SMILES string of the molecule is OCC(c1ccccc1C(F)(F)F)N(Cc1cccc(OC(F)(F)C(F)F)c1)c1cccc(Oc2cccc(Cl)c2Cl)c1. The molecule has 0 aliphatic heterocycles. The number of ether oxygens (including phenoxy) is 2. The predicted molar refractivity (Wildman–Crippen MR) is 148 cm³/mol. The first-order valence-electron chi connectivity index (χ1n) is 12.5. The first-order valence-corrected chi connectivity index (χ1v) is 13.2. The fraction of sp³-hybridized carbons (Fsp3) is 0.200. The molecule has 4 nitrogen and oxygen atoms in total. The number of alkyl halides is 7. The van der Waals surface area contributed by atoms with Gasteiger partial charge in [0.1, 0.15) is 22.3 Å². The number of halogens is 9. The van der Waals surface area contributed by atoms with Gasteiger partial charge in [0.25, 0.3) is 0 Å². The van der Waals surface area contributed by atoms with Gasteiger partial charge < -0.3 is 19.5 Å². The van der Waals surface area contributed by atoms with E-state index >= 15 is 0 Å². The Balaban J connectivity index is 1.79. The highest BCUT2D eigenvalue weighted by molar-refractivity contribution is 6.42. The zero-order chi connectivity index (χ0) is 31.4. The summed E-state index contributed by atoms with van der Waals surface area (Å²) >= 11 is 12.3. The number of hydrogen-bond acceptors (Lipinski definition) is 4. The first kappa shape index (κ1) is 32.2. The van der Waals surface area contributed by atoms with Crippen molar-refractivity contribution in [3.05, 3.63) is 118 Å². The van der Waals surface area contributed by atoms with E-state index in [1.54, 1.807) is 30.3 Å². The maximum Gasteiger partial charge on any atom is 0.461 e. The van der Waals surface area contributed by atoms with Crippen LogP contribution >= 0.6 is 23.2 Å². The summed E-state index contributed by atoms with van der Waals surface area (Å²) in [5.74, 6) is -0.184. The maximum absolute atomic E-state index is 14.0. The Labute approximate surface area is 251 Å². The molecule has 0 spiro atoms. The molecular formula is C30H22Cl2F7NO3. The lowest BCUT2D eigenvalue weighted by atomic mass is 9.97. The van der Waals surface area contributed by atoms with E-state index in [0.717, 1.165) is 18.2 Å². The summed E-state index contributed by atoms with van der Waals surface area (Å²) in [6, 6.07) is 19.0. The first-order chi connectivity index (χ1) is 20.3. The van der Waals surface area contributed by atoms with Crippen LogP contribution in [0.5, 0.6) is 17.2 Å². The number of anilines is 1. The molecule has 0 aromatic heterocycles. The third kappa shape index (κ3) is 7.84. The minimum absolute atomic E-state index is 0.121. The summed E-state index contributed by atoms with van der Waals surface area (Å²) in [4.78, 5) is 1.39. The van der Waals surface area contributed by atoms with E-state index in [-0.39, 0.29) is 44.9 Å². The molecule has 43 heavy (non-hydrogen) atoms.